The molecule has 1 fully saturated rings. The molecule has 0 bridgehead atoms. The minimum atomic E-state index is -0.579. The van der Waals surface area contributed by atoms with Crippen molar-refractivity contribution in [3.63, 3.8) is 0 Å². The van der Waals surface area contributed by atoms with E-state index in [0.717, 1.165) is 5.56 Å². The van der Waals surface area contributed by atoms with Crippen LogP contribution in [-0.2, 0) is 9.59 Å². The Morgan fingerprint density at radius 2 is 1.60 bits per heavy atom. The molecule has 1 aromatic carbocycles. The maximum Gasteiger partial charge on any atom is 0.251 e. The van der Waals surface area contributed by atoms with Gasteiger partial charge in [0.1, 0.15) is 6.04 Å². The first kappa shape index (κ1) is 23.9. The van der Waals surface area contributed by atoms with E-state index in [4.69, 9.17) is 0 Å². The van der Waals surface area contributed by atoms with Crippen LogP contribution in [0.4, 0.5) is 0 Å². The lowest BCUT2D eigenvalue weighted by Crippen LogP contribution is -2.54. The van der Waals surface area contributed by atoms with Crippen molar-refractivity contribution in [2.75, 3.05) is 13.1 Å². The van der Waals surface area contributed by atoms with E-state index >= 15 is 0 Å². The number of hydrogen-bond acceptors (Lipinski definition) is 3. The van der Waals surface area contributed by atoms with Crippen molar-refractivity contribution >= 4 is 17.7 Å². The molecule has 1 heterocycles. The summed E-state index contributed by atoms with van der Waals surface area (Å²) >= 11 is 0. The Bertz CT molecular complexity index is 752. The molecule has 30 heavy (non-hydrogen) atoms. The molecule has 3 amide bonds. The van der Waals surface area contributed by atoms with E-state index in [1.807, 2.05) is 45.9 Å². The predicted molar refractivity (Wildman–Crippen MR) is 119 cm³/mol. The van der Waals surface area contributed by atoms with E-state index in [-0.39, 0.29) is 35.6 Å². The summed E-state index contributed by atoms with van der Waals surface area (Å²) in [5.74, 6) is 0.0767. The van der Waals surface area contributed by atoms with Gasteiger partial charge in [0.25, 0.3) is 5.91 Å². The topological polar surface area (TPSA) is 78.5 Å². The second kappa shape index (κ2) is 10.6. The van der Waals surface area contributed by atoms with Crippen molar-refractivity contribution in [1.82, 2.24) is 15.5 Å². The lowest BCUT2D eigenvalue weighted by atomic mass is 9.93. The highest BCUT2D eigenvalue weighted by atomic mass is 16.2. The van der Waals surface area contributed by atoms with Gasteiger partial charge >= 0.3 is 0 Å². The number of piperidine rings is 1. The van der Waals surface area contributed by atoms with Crippen LogP contribution in [0.5, 0.6) is 0 Å². The molecule has 6 heteroatoms. The molecule has 0 saturated carbocycles. The zero-order valence-electron chi connectivity index (χ0n) is 19.2. The number of nitrogens with one attached hydrogen (secondary N) is 2. The molecule has 6 nitrogen and oxygen atoms in total. The number of rotatable bonds is 7. The first-order valence-corrected chi connectivity index (χ1v) is 11.1. The SMILES string of the molecule is Cc1cccc(C(=O)NC(C(=O)N2CCC(C(=O)NC(C)C(C)C)CC2)C(C)C)c1. The largest absolute Gasteiger partial charge is 0.353 e. The van der Waals surface area contributed by atoms with E-state index in [0.29, 0.717) is 37.4 Å². The van der Waals surface area contributed by atoms with Crippen molar-refractivity contribution in [1.29, 1.82) is 0 Å². The van der Waals surface area contributed by atoms with Gasteiger partial charge in [-0.05, 0) is 50.7 Å². The van der Waals surface area contributed by atoms with Gasteiger partial charge in [-0.25, -0.2) is 0 Å². The number of likely N-dealkylation sites (tertiary alicyclic amines) is 1. The molecule has 0 radical (unpaired) electrons. The molecule has 1 aliphatic heterocycles. The van der Waals surface area contributed by atoms with Crippen LogP contribution in [0.3, 0.4) is 0 Å². The van der Waals surface area contributed by atoms with E-state index in [2.05, 4.69) is 24.5 Å². The van der Waals surface area contributed by atoms with Crippen LogP contribution in [0.1, 0.15) is 63.4 Å². The first-order chi connectivity index (χ1) is 14.1. The van der Waals surface area contributed by atoms with Crippen LogP contribution >= 0.6 is 0 Å². The van der Waals surface area contributed by atoms with Crippen LogP contribution in [-0.4, -0.2) is 47.8 Å². The fraction of sp³-hybridized carbons (Fsp3) is 0.625. The van der Waals surface area contributed by atoms with E-state index in [1.54, 1.807) is 11.0 Å². The van der Waals surface area contributed by atoms with Crippen molar-refractivity contribution in [2.24, 2.45) is 17.8 Å². The molecule has 1 aliphatic rings. The third kappa shape index (κ3) is 6.31. The monoisotopic (exact) mass is 415 g/mol. The summed E-state index contributed by atoms with van der Waals surface area (Å²) in [4.78, 5) is 40.1. The molecule has 2 unspecified atom stereocenters. The highest BCUT2D eigenvalue weighted by molar-refractivity contribution is 5.97. The van der Waals surface area contributed by atoms with Crippen molar-refractivity contribution in [3.05, 3.63) is 35.4 Å². The van der Waals surface area contributed by atoms with Gasteiger partial charge in [0.2, 0.25) is 11.8 Å². The summed E-state index contributed by atoms with van der Waals surface area (Å²) in [6, 6.07) is 6.91. The fourth-order valence-electron chi connectivity index (χ4n) is 3.59. The molecule has 0 aromatic heterocycles. The van der Waals surface area contributed by atoms with Crippen molar-refractivity contribution in [2.45, 2.75) is 66.5 Å². The molecule has 1 saturated heterocycles. The van der Waals surface area contributed by atoms with E-state index in [9.17, 15) is 14.4 Å². The van der Waals surface area contributed by atoms with E-state index in [1.165, 1.54) is 0 Å². The minimum Gasteiger partial charge on any atom is -0.353 e. The second-order valence-electron chi connectivity index (χ2n) is 9.21. The Morgan fingerprint density at radius 3 is 2.13 bits per heavy atom. The minimum absolute atomic E-state index is 0.0285. The summed E-state index contributed by atoms with van der Waals surface area (Å²) in [7, 11) is 0. The lowest BCUT2D eigenvalue weighted by molar-refractivity contribution is -0.138. The Hall–Kier alpha value is -2.37. The molecular formula is C24H37N3O3. The zero-order valence-corrected chi connectivity index (χ0v) is 19.2. The van der Waals surface area contributed by atoms with Gasteiger partial charge in [0.15, 0.2) is 0 Å². The van der Waals surface area contributed by atoms with Crippen molar-refractivity contribution in [3.8, 4) is 0 Å². The van der Waals surface area contributed by atoms with Gasteiger partial charge in [-0.15, -0.1) is 0 Å². The van der Waals surface area contributed by atoms with Crippen molar-refractivity contribution < 1.29 is 14.4 Å². The smallest absolute Gasteiger partial charge is 0.251 e. The number of aryl methyl sites for hydroxylation is 1. The quantitative estimate of drug-likeness (QED) is 0.718. The summed E-state index contributed by atoms with van der Waals surface area (Å²) in [5, 5.41) is 6.00. The standard InChI is InChI=1S/C24H37N3O3/c1-15(2)18(6)25-22(28)19-10-12-27(13-11-19)24(30)21(16(3)4)26-23(29)20-9-7-8-17(5)14-20/h7-9,14-16,18-19,21H,10-13H2,1-6H3,(H,25,28)(H,26,29). The Balaban J connectivity index is 1.95. The number of carbonyl (C=O) groups excluding carboxylic acids is 3. The average Bonchev–Trinajstić information content (AvgIpc) is 2.71. The third-order valence-corrected chi connectivity index (χ3v) is 6.05. The number of amides is 3. The van der Waals surface area contributed by atoms with Crippen LogP contribution in [0.25, 0.3) is 0 Å². The van der Waals surface area contributed by atoms with Crippen LogP contribution < -0.4 is 10.6 Å². The molecular weight excluding hydrogens is 378 g/mol. The molecule has 2 rings (SSSR count). The third-order valence-electron chi connectivity index (χ3n) is 6.05. The fourth-order valence-corrected chi connectivity index (χ4v) is 3.59. The van der Waals surface area contributed by atoms with Gasteiger partial charge in [-0.2, -0.15) is 0 Å². The molecule has 1 aromatic rings. The predicted octanol–water partition coefficient (Wildman–Crippen LogP) is 3.15. The maximum absolute atomic E-state index is 13.1. The Labute approximate surface area is 180 Å². The maximum atomic E-state index is 13.1. The van der Waals surface area contributed by atoms with Crippen LogP contribution in [0.15, 0.2) is 24.3 Å². The zero-order chi connectivity index (χ0) is 22.4. The Morgan fingerprint density at radius 1 is 0.967 bits per heavy atom. The first-order valence-electron chi connectivity index (χ1n) is 11.1. The number of hydrogen-bond donors (Lipinski definition) is 2. The highest BCUT2D eigenvalue weighted by Crippen LogP contribution is 2.20. The van der Waals surface area contributed by atoms with E-state index < -0.39 is 6.04 Å². The second-order valence-corrected chi connectivity index (χ2v) is 9.21. The number of carbonyl (C=O) groups is 3. The summed E-state index contributed by atoms with van der Waals surface area (Å²) in [5.41, 5.74) is 1.56. The molecule has 2 atom stereocenters. The summed E-state index contributed by atoms with van der Waals surface area (Å²) < 4.78 is 0. The van der Waals surface area contributed by atoms with Gasteiger partial charge in [-0.3, -0.25) is 14.4 Å². The Kier molecular flexibility index (Phi) is 8.44. The summed E-state index contributed by atoms with van der Waals surface area (Å²) in [6.45, 7) is 13.1. The molecule has 0 spiro atoms. The van der Waals surface area contributed by atoms with Crippen LogP contribution in [0, 0.1) is 24.7 Å². The van der Waals surface area contributed by atoms with Gasteiger partial charge in [0, 0.05) is 30.6 Å². The van der Waals surface area contributed by atoms with Gasteiger partial charge in [0.05, 0.1) is 0 Å². The highest BCUT2D eigenvalue weighted by Gasteiger charge is 2.33. The van der Waals surface area contributed by atoms with Gasteiger partial charge < -0.3 is 15.5 Å². The number of benzene rings is 1. The average molecular weight is 416 g/mol. The number of nitrogens with zero attached hydrogens (tertiary/aromatic N) is 1. The lowest BCUT2D eigenvalue weighted by Gasteiger charge is -2.35. The molecule has 0 aliphatic carbocycles. The van der Waals surface area contributed by atoms with Gasteiger partial charge in [-0.1, -0.05) is 45.4 Å². The summed E-state index contributed by atoms with van der Waals surface area (Å²) in [6.07, 6.45) is 1.30. The molecule has 166 valence electrons. The van der Waals surface area contributed by atoms with Crippen LogP contribution in [0.2, 0.25) is 0 Å². The molecule has 2 N–H and O–H groups in total. The normalized spacial score (nSPS) is 17.0.